The Morgan fingerprint density at radius 1 is 1.40 bits per heavy atom. The van der Waals surface area contributed by atoms with Crippen molar-refractivity contribution in [2.24, 2.45) is 0 Å². The van der Waals surface area contributed by atoms with E-state index in [4.69, 9.17) is 5.11 Å². The van der Waals surface area contributed by atoms with Crippen LogP contribution in [0.2, 0.25) is 0 Å². The van der Waals surface area contributed by atoms with Crippen LogP contribution in [-0.2, 0) is 16.9 Å². The van der Waals surface area contributed by atoms with Crippen LogP contribution in [0.5, 0.6) is 0 Å². The minimum atomic E-state index is -0.878. The standard InChI is InChI=1S/C11H16N6O2S/c1-11(2,3)17-8(4-16-7-12-6-13-16)14-15-10(17)20-5-9(18)19/h6-7H,4-5H2,1-3H3,(H,18,19). The predicted octanol–water partition coefficient (Wildman–Crippen LogP) is 0.850. The first-order chi connectivity index (χ1) is 9.38. The zero-order chi connectivity index (χ0) is 14.8. The summed E-state index contributed by atoms with van der Waals surface area (Å²) in [6, 6.07) is 0. The Bertz CT molecular complexity index is 587. The van der Waals surface area contributed by atoms with Gasteiger partial charge in [0.15, 0.2) is 11.0 Å². The number of aromatic nitrogens is 6. The van der Waals surface area contributed by atoms with Gasteiger partial charge in [0.1, 0.15) is 19.2 Å². The number of hydrogen-bond donors (Lipinski definition) is 1. The lowest BCUT2D eigenvalue weighted by atomic mass is 10.1. The maximum atomic E-state index is 10.7. The Balaban J connectivity index is 2.30. The van der Waals surface area contributed by atoms with E-state index < -0.39 is 5.97 Å². The maximum Gasteiger partial charge on any atom is 0.313 e. The summed E-state index contributed by atoms with van der Waals surface area (Å²) in [5, 5.41) is 21.6. The molecule has 2 heterocycles. The van der Waals surface area contributed by atoms with Crippen molar-refractivity contribution in [3.63, 3.8) is 0 Å². The molecule has 0 spiro atoms. The van der Waals surface area contributed by atoms with Crippen molar-refractivity contribution in [2.75, 3.05) is 5.75 Å². The fourth-order valence-corrected chi connectivity index (χ4v) is 2.62. The number of carbonyl (C=O) groups is 1. The molecule has 108 valence electrons. The molecule has 0 unspecified atom stereocenters. The summed E-state index contributed by atoms with van der Waals surface area (Å²) < 4.78 is 3.58. The summed E-state index contributed by atoms with van der Waals surface area (Å²) in [6.07, 6.45) is 3.06. The van der Waals surface area contributed by atoms with Gasteiger partial charge < -0.3 is 5.11 Å². The van der Waals surface area contributed by atoms with E-state index in [0.29, 0.717) is 11.7 Å². The third-order valence-corrected chi connectivity index (χ3v) is 3.38. The van der Waals surface area contributed by atoms with E-state index in [1.807, 2.05) is 25.3 Å². The summed E-state index contributed by atoms with van der Waals surface area (Å²) in [5.41, 5.74) is -0.250. The van der Waals surface area contributed by atoms with Gasteiger partial charge in [-0.1, -0.05) is 11.8 Å². The van der Waals surface area contributed by atoms with Gasteiger partial charge in [-0.05, 0) is 20.8 Å². The molecule has 0 atom stereocenters. The summed E-state index contributed by atoms with van der Waals surface area (Å²) >= 11 is 1.16. The highest BCUT2D eigenvalue weighted by atomic mass is 32.2. The Kier molecular flexibility index (Phi) is 4.07. The molecule has 2 aromatic heterocycles. The van der Waals surface area contributed by atoms with E-state index in [-0.39, 0.29) is 11.3 Å². The monoisotopic (exact) mass is 296 g/mol. The van der Waals surface area contributed by atoms with E-state index in [1.165, 1.54) is 6.33 Å². The zero-order valence-corrected chi connectivity index (χ0v) is 12.3. The highest BCUT2D eigenvalue weighted by Gasteiger charge is 2.24. The summed E-state index contributed by atoms with van der Waals surface area (Å²) in [6.45, 7) is 6.50. The third kappa shape index (κ3) is 3.35. The third-order valence-electron chi connectivity index (χ3n) is 2.47. The molecule has 0 saturated carbocycles. The van der Waals surface area contributed by atoms with Crippen molar-refractivity contribution in [3.8, 4) is 0 Å². The van der Waals surface area contributed by atoms with Crippen molar-refractivity contribution in [1.82, 2.24) is 29.5 Å². The molecule has 0 fully saturated rings. The van der Waals surface area contributed by atoms with Crippen LogP contribution in [0.25, 0.3) is 0 Å². The zero-order valence-electron chi connectivity index (χ0n) is 11.5. The topological polar surface area (TPSA) is 98.7 Å². The molecule has 0 amide bonds. The average Bonchev–Trinajstić information content (AvgIpc) is 2.95. The largest absolute Gasteiger partial charge is 0.481 e. The molecule has 20 heavy (non-hydrogen) atoms. The Morgan fingerprint density at radius 3 is 2.70 bits per heavy atom. The lowest BCUT2D eigenvalue weighted by molar-refractivity contribution is -0.133. The fourth-order valence-electron chi connectivity index (χ4n) is 1.76. The minimum Gasteiger partial charge on any atom is -0.481 e. The Labute approximate surface area is 120 Å². The average molecular weight is 296 g/mol. The number of thioether (sulfide) groups is 1. The molecule has 0 aromatic carbocycles. The predicted molar refractivity (Wildman–Crippen MR) is 72.5 cm³/mol. The summed E-state index contributed by atoms with van der Waals surface area (Å²) in [4.78, 5) is 14.6. The highest BCUT2D eigenvalue weighted by molar-refractivity contribution is 7.99. The highest BCUT2D eigenvalue weighted by Crippen LogP contribution is 2.25. The van der Waals surface area contributed by atoms with Gasteiger partial charge >= 0.3 is 5.97 Å². The number of hydrogen-bond acceptors (Lipinski definition) is 6. The molecule has 1 N–H and O–H groups in total. The number of rotatable bonds is 5. The normalized spacial score (nSPS) is 11.8. The van der Waals surface area contributed by atoms with Gasteiger partial charge in [0.05, 0.1) is 5.75 Å². The van der Waals surface area contributed by atoms with Crippen molar-refractivity contribution >= 4 is 17.7 Å². The second kappa shape index (κ2) is 5.61. The molecular formula is C11H16N6O2S. The fraction of sp³-hybridized carbons (Fsp3) is 0.545. The van der Waals surface area contributed by atoms with Crippen molar-refractivity contribution < 1.29 is 9.90 Å². The molecular weight excluding hydrogens is 280 g/mol. The van der Waals surface area contributed by atoms with E-state index >= 15 is 0 Å². The maximum absolute atomic E-state index is 10.7. The van der Waals surface area contributed by atoms with Gasteiger partial charge in [-0.3, -0.25) is 9.36 Å². The van der Waals surface area contributed by atoms with E-state index in [9.17, 15) is 4.79 Å². The van der Waals surface area contributed by atoms with Crippen LogP contribution in [0.4, 0.5) is 0 Å². The van der Waals surface area contributed by atoms with Crippen LogP contribution < -0.4 is 0 Å². The first-order valence-corrected chi connectivity index (χ1v) is 6.98. The van der Waals surface area contributed by atoms with Crippen LogP contribution in [0, 0.1) is 0 Å². The molecule has 0 radical (unpaired) electrons. The number of nitrogens with zero attached hydrogens (tertiary/aromatic N) is 6. The van der Waals surface area contributed by atoms with Crippen LogP contribution in [-0.4, -0.2) is 46.4 Å². The molecule has 8 nitrogen and oxygen atoms in total. The second-order valence-corrected chi connectivity index (χ2v) is 6.12. The minimum absolute atomic E-state index is 0.0441. The molecule has 0 aliphatic carbocycles. The number of carboxylic acids is 1. The Hall–Kier alpha value is -1.90. The molecule has 9 heteroatoms. The van der Waals surface area contributed by atoms with E-state index in [2.05, 4.69) is 20.3 Å². The lowest BCUT2D eigenvalue weighted by Crippen LogP contribution is -2.26. The number of carboxylic acid groups (broad SMARTS) is 1. The molecule has 0 aliphatic heterocycles. The molecule has 0 aliphatic rings. The molecule has 2 rings (SSSR count). The van der Waals surface area contributed by atoms with Crippen molar-refractivity contribution in [1.29, 1.82) is 0 Å². The summed E-state index contributed by atoms with van der Waals surface area (Å²) in [7, 11) is 0. The first-order valence-electron chi connectivity index (χ1n) is 5.99. The van der Waals surface area contributed by atoms with E-state index in [1.54, 1.807) is 11.0 Å². The summed E-state index contributed by atoms with van der Waals surface area (Å²) in [5.74, 6) is -0.204. The number of aliphatic carboxylic acids is 1. The molecule has 0 saturated heterocycles. The van der Waals surface area contributed by atoms with Gasteiger partial charge in [0.25, 0.3) is 0 Å². The van der Waals surface area contributed by atoms with Crippen molar-refractivity contribution in [2.45, 2.75) is 38.0 Å². The van der Waals surface area contributed by atoms with Gasteiger partial charge in [0.2, 0.25) is 0 Å². The van der Waals surface area contributed by atoms with Crippen LogP contribution >= 0.6 is 11.8 Å². The lowest BCUT2D eigenvalue weighted by Gasteiger charge is -2.24. The van der Waals surface area contributed by atoms with Gasteiger partial charge in [-0.25, -0.2) is 9.67 Å². The van der Waals surface area contributed by atoms with E-state index in [0.717, 1.165) is 17.6 Å². The SMILES string of the molecule is CC(C)(C)n1c(Cn2cncn2)nnc1SCC(=O)O. The van der Waals surface area contributed by atoms with Crippen LogP contribution in [0.15, 0.2) is 17.8 Å². The quantitative estimate of drug-likeness (QED) is 0.816. The van der Waals surface area contributed by atoms with Crippen LogP contribution in [0.3, 0.4) is 0 Å². The van der Waals surface area contributed by atoms with Gasteiger partial charge in [-0.2, -0.15) is 5.10 Å². The van der Waals surface area contributed by atoms with Crippen molar-refractivity contribution in [3.05, 3.63) is 18.5 Å². The van der Waals surface area contributed by atoms with Gasteiger partial charge in [0, 0.05) is 5.54 Å². The first kappa shape index (κ1) is 14.5. The molecule has 2 aromatic rings. The molecule has 0 bridgehead atoms. The van der Waals surface area contributed by atoms with Gasteiger partial charge in [-0.15, -0.1) is 10.2 Å². The smallest absolute Gasteiger partial charge is 0.313 e. The second-order valence-electron chi connectivity index (χ2n) is 5.18. The Morgan fingerprint density at radius 2 is 2.15 bits per heavy atom. The van der Waals surface area contributed by atoms with Crippen LogP contribution in [0.1, 0.15) is 26.6 Å².